The number of aromatic hydroxyl groups is 1. The minimum Gasteiger partial charge on any atom is -0.507 e. The molecule has 0 aliphatic rings. The van der Waals surface area contributed by atoms with Gasteiger partial charge in [0, 0.05) is 0 Å². The van der Waals surface area contributed by atoms with Crippen LogP contribution in [0.25, 0.3) is 0 Å². The number of benzene rings is 1. The van der Waals surface area contributed by atoms with Crippen molar-refractivity contribution in [2.24, 2.45) is 0 Å². The van der Waals surface area contributed by atoms with Gasteiger partial charge in [0.05, 0.1) is 5.56 Å². The van der Waals surface area contributed by atoms with Gasteiger partial charge in [0.1, 0.15) is 5.75 Å². The Morgan fingerprint density at radius 2 is 2.08 bits per heavy atom. The van der Waals surface area contributed by atoms with Crippen molar-refractivity contribution in [1.29, 1.82) is 0 Å². The number of rotatable bonds is 2. The van der Waals surface area contributed by atoms with E-state index in [1.807, 2.05) is 0 Å². The summed E-state index contributed by atoms with van der Waals surface area (Å²) in [5, 5.41) is 9.24. The Morgan fingerprint density at radius 3 is 2.67 bits per heavy atom. The highest BCUT2D eigenvalue weighted by Crippen LogP contribution is 2.16. The van der Waals surface area contributed by atoms with Gasteiger partial charge in [0.2, 0.25) is 0 Å². The predicted octanol–water partition coefficient (Wildman–Crippen LogP) is 2.48. The quantitative estimate of drug-likeness (QED) is 0.622. The summed E-state index contributed by atoms with van der Waals surface area (Å²) in [4.78, 5) is 12.6. The number of para-hydroxylation sites is 1. The summed E-state index contributed by atoms with van der Waals surface area (Å²) in [5.74, 6) is -0.210. The molecule has 0 saturated carbocycles. The van der Waals surface area contributed by atoms with Gasteiger partial charge >= 0.3 is 0 Å². The number of allylic oxidation sites excluding steroid dienone is 1. The van der Waals surface area contributed by atoms with Crippen molar-refractivity contribution in [2.45, 2.75) is 0 Å². The molecule has 1 N–H and O–H groups in total. The largest absolute Gasteiger partial charge is 0.507 e. The Labute approximate surface area is 78.7 Å². The average molecular weight is 227 g/mol. The maximum absolute atomic E-state index is 11.2. The van der Waals surface area contributed by atoms with Crippen molar-refractivity contribution in [2.75, 3.05) is 0 Å². The molecule has 0 atom stereocenters. The molecule has 0 saturated heterocycles. The fraction of sp³-hybridized carbons (Fsp3) is 0. The lowest BCUT2D eigenvalue weighted by Crippen LogP contribution is -1.93. The van der Waals surface area contributed by atoms with E-state index in [1.54, 1.807) is 18.2 Å². The zero-order chi connectivity index (χ0) is 8.97. The zero-order valence-corrected chi connectivity index (χ0v) is 7.78. The monoisotopic (exact) mass is 226 g/mol. The molecular weight excluding hydrogens is 220 g/mol. The van der Waals surface area contributed by atoms with Gasteiger partial charge in [-0.3, -0.25) is 4.79 Å². The van der Waals surface area contributed by atoms with Gasteiger partial charge in [0.25, 0.3) is 0 Å². The second kappa shape index (κ2) is 4.07. The summed E-state index contributed by atoms with van der Waals surface area (Å²) in [6.07, 6.45) is 1.34. The van der Waals surface area contributed by atoms with Crippen LogP contribution in [0.4, 0.5) is 0 Å². The summed E-state index contributed by atoms with van der Waals surface area (Å²) in [6, 6.07) is 6.43. The van der Waals surface area contributed by atoms with Crippen LogP contribution in [0, 0.1) is 0 Å². The summed E-state index contributed by atoms with van der Waals surface area (Å²) >= 11 is 2.99. The minimum absolute atomic E-state index is 0.00750. The van der Waals surface area contributed by atoms with E-state index in [0.29, 0.717) is 5.56 Å². The third kappa shape index (κ3) is 1.95. The topological polar surface area (TPSA) is 37.3 Å². The molecule has 3 heteroatoms. The Hall–Kier alpha value is -1.09. The Balaban J connectivity index is 3.03. The van der Waals surface area contributed by atoms with E-state index in [9.17, 15) is 9.90 Å². The van der Waals surface area contributed by atoms with Crippen molar-refractivity contribution in [1.82, 2.24) is 0 Å². The second-order valence-corrected chi connectivity index (χ2v) is 2.70. The predicted molar refractivity (Wildman–Crippen MR) is 50.5 cm³/mol. The Kier molecular flexibility index (Phi) is 3.05. The first kappa shape index (κ1) is 9.00. The molecule has 0 heterocycles. The standard InChI is InChI=1S/C9H7BrO2/c10-6-5-9(12)7-3-1-2-4-8(7)11/h1-6,11H. The number of hydrogen-bond donors (Lipinski definition) is 1. The van der Waals surface area contributed by atoms with Gasteiger partial charge in [-0.15, -0.1) is 0 Å². The highest BCUT2D eigenvalue weighted by molar-refractivity contribution is 9.11. The smallest absolute Gasteiger partial charge is 0.190 e. The molecule has 0 amide bonds. The lowest BCUT2D eigenvalue weighted by Gasteiger charge is -1.97. The third-order valence-electron chi connectivity index (χ3n) is 1.38. The molecule has 0 fully saturated rings. The van der Waals surface area contributed by atoms with Crippen LogP contribution < -0.4 is 0 Å². The maximum atomic E-state index is 11.2. The van der Waals surface area contributed by atoms with E-state index in [-0.39, 0.29) is 11.5 Å². The molecule has 62 valence electrons. The number of carbonyl (C=O) groups is 1. The van der Waals surface area contributed by atoms with Gasteiger partial charge in [-0.1, -0.05) is 28.1 Å². The molecule has 1 aromatic rings. The van der Waals surface area contributed by atoms with Gasteiger partial charge in [0.15, 0.2) is 5.78 Å². The fourth-order valence-corrected chi connectivity index (χ4v) is 1.07. The van der Waals surface area contributed by atoms with Crippen LogP contribution in [-0.4, -0.2) is 10.9 Å². The summed E-state index contributed by atoms with van der Waals surface area (Å²) in [5.41, 5.74) is 0.313. The zero-order valence-electron chi connectivity index (χ0n) is 6.20. The first-order valence-corrected chi connectivity index (χ1v) is 4.26. The van der Waals surface area contributed by atoms with Crippen molar-refractivity contribution >= 4 is 21.7 Å². The molecule has 0 spiro atoms. The maximum Gasteiger partial charge on any atom is 0.190 e. The lowest BCUT2D eigenvalue weighted by molar-refractivity contribution is 0.104. The summed E-state index contributed by atoms with van der Waals surface area (Å²) < 4.78 is 0. The van der Waals surface area contributed by atoms with Crippen LogP contribution in [0.15, 0.2) is 35.3 Å². The van der Waals surface area contributed by atoms with Crippen LogP contribution >= 0.6 is 15.9 Å². The van der Waals surface area contributed by atoms with E-state index in [4.69, 9.17) is 0 Å². The first-order valence-electron chi connectivity index (χ1n) is 3.35. The molecule has 1 rings (SSSR count). The Morgan fingerprint density at radius 1 is 1.42 bits per heavy atom. The van der Waals surface area contributed by atoms with Crippen molar-refractivity contribution in [3.8, 4) is 5.75 Å². The number of phenols is 1. The fourth-order valence-electron chi connectivity index (χ4n) is 0.829. The molecule has 0 radical (unpaired) electrons. The van der Waals surface area contributed by atoms with Gasteiger partial charge in [-0.25, -0.2) is 0 Å². The molecule has 12 heavy (non-hydrogen) atoms. The number of hydrogen-bond acceptors (Lipinski definition) is 2. The van der Waals surface area contributed by atoms with Crippen LogP contribution in [-0.2, 0) is 0 Å². The van der Waals surface area contributed by atoms with E-state index in [0.717, 1.165) is 0 Å². The number of ketones is 1. The van der Waals surface area contributed by atoms with Crippen LogP contribution in [0.1, 0.15) is 10.4 Å². The molecule has 0 bridgehead atoms. The molecule has 0 aliphatic carbocycles. The van der Waals surface area contributed by atoms with E-state index < -0.39 is 0 Å². The van der Waals surface area contributed by atoms with E-state index in [1.165, 1.54) is 17.1 Å². The average Bonchev–Trinajstić information content (AvgIpc) is 2.05. The van der Waals surface area contributed by atoms with Gasteiger partial charge < -0.3 is 5.11 Å². The summed E-state index contributed by atoms with van der Waals surface area (Å²) in [6.45, 7) is 0. The second-order valence-electron chi connectivity index (χ2n) is 2.17. The van der Waals surface area contributed by atoms with Crippen LogP contribution in [0.3, 0.4) is 0 Å². The molecule has 1 aromatic carbocycles. The SMILES string of the molecule is O=C(C=CBr)c1ccccc1O. The van der Waals surface area contributed by atoms with Gasteiger partial charge in [-0.2, -0.15) is 0 Å². The third-order valence-corrected chi connectivity index (χ3v) is 1.65. The minimum atomic E-state index is -0.218. The highest BCUT2D eigenvalue weighted by atomic mass is 79.9. The normalized spacial score (nSPS) is 10.4. The number of halogens is 1. The molecule has 0 unspecified atom stereocenters. The van der Waals surface area contributed by atoms with Crippen molar-refractivity contribution < 1.29 is 9.90 Å². The molecule has 0 aromatic heterocycles. The molecule has 2 nitrogen and oxygen atoms in total. The lowest BCUT2D eigenvalue weighted by atomic mass is 10.1. The highest BCUT2D eigenvalue weighted by Gasteiger charge is 2.05. The number of carbonyl (C=O) groups excluding carboxylic acids is 1. The number of phenolic OH excluding ortho intramolecular Hbond substituents is 1. The Bertz CT molecular complexity index is 318. The van der Waals surface area contributed by atoms with Crippen LogP contribution in [0.2, 0.25) is 0 Å². The summed E-state index contributed by atoms with van der Waals surface area (Å²) in [7, 11) is 0. The van der Waals surface area contributed by atoms with E-state index in [2.05, 4.69) is 15.9 Å². The van der Waals surface area contributed by atoms with Crippen molar-refractivity contribution in [3.63, 3.8) is 0 Å². The van der Waals surface area contributed by atoms with E-state index >= 15 is 0 Å². The van der Waals surface area contributed by atoms with Crippen LogP contribution in [0.5, 0.6) is 5.75 Å². The molecular formula is C9H7BrO2. The van der Waals surface area contributed by atoms with Gasteiger partial charge in [-0.05, 0) is 23.2 Å². The first-order chi connectivity index (χ1) is 5.75. The molecule has 0 aliphatic heterocycles. The van der Waals surface area contributed by atoms with Crippen molar-refractivity contribution in [3.05, 3.63) is 40.9 Å².